The molecule has 4 nitrogen and oxygen atoms in total. The summed E-state index contributed by atoms with van der Waals surface area (Å²) in [4.78, 5) is 12.4. The predicted molar refractivity (Wildman–Crippen MR) is 90.8 cm³/mol. The SMILES string of the molecule is O=C(NC[C@@H](O)c1ccc(-c2ccco2)cc1)c1ccc(Cl)s1. The zero-order valence-electron chi connectivity index (χ0n) is 12.0. The molecule has 0 saturated heterocycles. The van der Waals surface area contributed by atoms with E-state index < -0.39 is 6.10 Å². The highest BCUT2D eigenvalue weighted by Crippen LogP contribution is 2.23. The van der Waals surface area contributed by atoms with E-state index in [-0.39, 0.29) is 12.5 Å². The van der Waals surface area contributed by atoms with Crippen molar-refractivity contribution in [3.8, 4) is 11.3 Å². The molecule has 23 heavy (non-hydrogen) atoms. The summed E-state index contributed by atoms with van der Waals surface area (Å²) in [7, 11) is 0. The smallest absolute Gasteiger partial charge is 0.261 e. The Kier molecular flexibility index (Phi) is 4.81. The van der Waals surface area contributed by atoms with E-state index >= 15 is 0 Å². The van der Waals surface area contributed by atoms with E-state index in [4.69, 9.17) is 16.0 Å². The van der Waals surface area contributed by atoms with Gasteiger partial charge in [-0.25, -0.2) is 0 Å². The van der Waals surface area contributed by atoms with Gasteiger partial charge in [0.15, 0.2) is 0 Å². The number of amides is 1. The average molecular weight is 348 g/mol. The molecular weight excluding hydrogens is 334 g/mol. The second-order valence-electron chi connectivity index (χ2n) is 4.93. The van der Waals surface area contributed by atoms with Gasteiger partial charge in [0.1, 0.15) is 5.76 Å². The fourth-order valence-electron chi connectivity index (χ4n) is 2.14. The Balaban J connectivity index is 1.60. The second kappa shape index (κ2) is 7.00. The van der Waals surface area contributed by atoms with Gasteiger partial charge in [-0.2, -0.15) is 0 Å². The van der Waals surface area contributed by atoms with Gasteiger partial charge >= 0.3 is 0 Å². The molecule has 2 heterocycles. The molecule has 0 aliphatic heterocycles. The Morgan fingerprint density at radius 3 is 2.61 bits per heavy atom. The first kappa shape index (κ1) is 15.8. The monoisotopic (exact) mass is 347 g/mol. The van der Waals surface area contributed by atoms with Crippen LogP contribution in [0.2, 0.25) is 4.34 Å². The van der Waals surface area contributed by atoms with Crippen LogP contribution < -0.4 is 5.32 Å². The third kappa shape index (κ3) is 3.82. The summed E-state index contributed by atoms with van der Waals surface area (Å²) in [6.07, 6.45) is 0.838. The molecule has 3 aromatic rings. The topological polar surface area (TPSA) is 62.5 Å². The van der Waals surface area contributed by atoms with Crippen LogP contribution in [0, 0.1) is 0 Å². The van der Waals surface area contributed by atoms with E-state index in [0.29, 0.717) is 9.21 Å². The highest BCUT2D eigenvalue weighted by atomic mass is 35.5. The molecule has 2 N–H and O–H groups in total. The van der Waals surface area contributed by atoms with Crippen LogP contribution in [0.3, 0.4) is 0 Å². The summed E-state index contributed by atoms with van der Waals surface area (Å²) in [5.41, 5.74) is 1.66. The van der Waals surface area contributed by atoms with Crippen molar-refractivity contribution >= 4 is 28.8 Å². The molecule has 0 aliphatic rings. The van der Waals surface area contributed by atoms with Crippen molar-refractivity contribution in [2.75, 3.05) is 6.54 Å². The fraction of sp³-hybridized carbons (Fsp3) is 0.118. The van der Waals surface area contributed by atoms with Gasteiger partial charge in [-0.3, -0.25) is 4.79 Å². The van der Waals surface area contributed by atoms with Crippen LogP contribution in [0.1, 0.15) is 21.3 Å². The number of benzene rings is 1. The summed E-state index contributed by atoms with van der Waals surface area (Å²) in [6.45, 7) is 0.133. The number of carbonyl (C=O) groups excluding carboxylic acids is 1. The summed E-state index contributed by atoms with van der Waals surface area (Å²) in [5.74, 6) is 0.530. The number of halogens is 1. The Morgan fingerprint density at radius 1 is 1.22 bits per heavy atom. The van der Waals surface area contributed by atoms with Crippen molar-refractivity contribution in [1.29, 1.82) is 0 Å². The lowest BCUT2D eigenvalue weighted by molar-refractivity contribution is 0.0920. The standard InChI is InChI=1S/C17H14ClNO3S/c18-16-8-7-15(23-16)17(21)19-10-13(20)11-3-5-12(6-4-11)14-2-1-9-22-14/h1-9,13,20H,10H2,(H,19,21)/t13-/m1/s1. The van der Waals surface area contributed by atoms with Gasteiger partial charge in [0.25, 0.3) is 5.91 Å². The second-order valence-corrected chi connectivity index (χ2v) is 6.64. The summed E-state index contributed by atoms with van der Waals surface area (Å²) in [5, 5.41) is 12.9. The van der Waals surface area contributed by atoms with Gasteiger partial charge in [0.05, 0.1) is 21.6 Å². The number of furan rings is 1. The first-order valence-electron chi connectivity index (χ1n) is 6.99. The van der Waals surface area contributed by atoms with E-state index in [9.17, 15) is 9.90 Å². The molecule has 2 aromatic heterocycles. The molecule has 0 radical (unpaired) electrons. The maximum atomic E-state index is 11.9. The van der Waals surface area contributed by atoms with Crippen LogP contribution in [0.4, 0.5) is 0 Å². The number of hydrogen-bond donors (Lipinski definition) is 2. The lowest BCUT2D eigenvalue weighted by Crippen LogP contribution is -2.27. The van der Waals surface area contributed by atoms with Crippen molar-refractivity contribution in [2.24, 2.45) is 0 Å². The lowest BCUT2D eigenvalue weighted by atomic mass is 10.1. The molecule has 3 rings (SSSR count). The highest BCUT2D eigenvalue weighted by molar-refractivity contribution is 7.17. The summed E-state index contributed by atoms with van der Waals surface area (Å²) in [6, 6.07) is 14.4. The predicted octanol–water partition coefficient (Wildman–Crippen LogP) is 4.12. The van der Waals surface area contributed by atoms with E-state index in [1.54, 1.807) is 18.4 Å². The molecule has 1 aromatic carbocycles. The molecule has 0 spiro atoms. The zero-order chi connectivity index (χ0) is 16.2. The van der Waals surface area contributed by atoms with Gasteiger partial charge in [-0.05, 0) is 29.8 Å². The Morgan fingerprint density at radius 2 is 2.00 bits per heavy atom. The van der Waals surface area contributed by atoms with E-state index in [1.165, 1.54) is 11.3 Å². The third-order valence-corrected chi connectivity index (χ3v) is 4.58. The number of carbonyl (C=O) groups is 1. The van der Waals surface area contributed by atoms with Gasteiger partial charge < -0.3 is 14.8 Å². The van der Waals surface area contributed by atoms with Crippen LogP contribution in [0.25, 0.3) is 11.3 Å². The Hall–Kier alpha value is -2.08. The number of aliphatic hydroxyl groups excluding tert-OH is 1. The molecule has 0 saturated carbocycles. The minimum atomic E-state index is -0.778. The number of aliphatic hydroxyl groups is 1. The minimum absolute atomic E-state index is 0.133. The first-order valence-corrected chi connectivity index (χ1v) is 8.18. The molecule has 6 heteroatoms. The van der Waals surface area contributed by atoms with E-state index in [1.807, 2.05) is 36.4 Å². The molecule has 118 valence electrons. The van der Waals surface area contributed by atoms with Crippen molar-refractivity contribution < 1.29 is 14.3 Å². The van der Waals surface area contributed by atoms with Crippen molar-refractivity contribution in [3.05, 3.63) is 69.6 Å². The largest absolute Gasteiger partial charge is 0.464 e. The van der Waals surface area contributed by atoms with E-state index in [0.717, 1.165) is 16.9 Å². The molecule has 1 amide bonds. The summed E-state index contributed by atoms with van der Waals surface area (Å²) >= 11 is 7.01. The number of hydrogen-bond acceptors (Lipinski definition) is 4. The number of thiophene rings is 1. The van der Waals surface area contributed by atoms with Crippen molar-refractivity contribution in [3.63, 3.8) is 0 Å². The van der Waals surface area contributed by atoms with Crippen molar-refractivity contribution in [2.45, 2.75) is 6.10 Å². The van der Waals surface area contributed by atoms with Crippen LogP contribution in [-0.4, -0.2) is 17.6 Å². The molecular formula is C17H14ClNO3S. The van der Waals surface area contributed by atoms with Gasteiger partial charge in [-0.15, -0.1) is 11.3 Å². The molecule has 0 unspecified atom stereocenters. The molecule has 1 atom stereocenters. The molecule has 0 fully saturated rings. The minimum Gasteiger partial charge on any atom is -0.464 e. The molecule has 0 aliphatic carbocycles. The summed E-state index contributed by atoms with van der Waals surface area (Å²) < 4.78 is 5.88. The maximum absolute atomic E-state index is 11.9. The lowest BCUT2D eigenvalue weighted by Gasteiger charge is -2.12. The number of nitrogens with one attached hydrogen (secondary N) is 1. The Labute approximate surface area is 142 Å². The fourth-order valence-corrected chi connectivity index (χ4v) is 3.10. The van der Waals surface area contributed by atoms with Crippen molar-refractivity contribution in [1.82, 2.24) is 5.32 Å². The number of rotatable bonds is 5. The highest BCUT2D eigenvalue weighted by Gasteiger charge is 2.13. The maximum Gasteiger partial charge on any atom is 0.261 e. The van der Waals surface area contributed by atoms with Crippen LogP contribution in [0.5, 0.6) is 0 Å². The Bertz CT molecular complexity index is 781. The normalized spacial score (nSPS) is 12.1. The molecule has 0 bridgehead atoms. The van der Waals surface area contributed by atoms with Crippen LogP contribution in [-0.2, 0) is 0 Å². The average Bonchev–Trinajstić information content (AvgIpc) is 3.24. The quantitative estimate of drug-likeness (QED) is 0.729. The van der Waals surface area contributed by atoms with Gasteiger partial charge in [0.2, 0.25) is 0 Å². The first-order chi connectivity index (χ1) is 11.1. The third-order valence-electron chi connectivity index (χ3n) is 3.35. The van der Waals surface area contributed by atoms with E-state index in [2.05, 4.69) is 5.32 Å². The van der Waals surface area contributed by atoms with Gasteiger partial charge in [0, 0.05) is 12.1 Å². The zero-order valence-corrected chi connectivity index (χ0v) is 13.6. The van der Waals surface area contributed by atoms with Gasteiger partial charge in [-0.1, -0.05) is 35.9 Å². The van der Waals surface area contributed by atoms with Crippen LogP contribution in [0.15, 0.2) is 59.2 Å². The van der Waals surface area contributed by atoms with Crippen LogP contribution >= 0.6 is 22.9 Å².